The van der Waals surface area contributed by atoms with Crippen LogP contribution in [0.4, 0.5) is 5.13 Å². The van der Waals surface area contributed by atoms with Gasteiger partial charge in [0.2, 0.25) is 0 Å². The topological polar surface area (TPSA) is 88.5 Å². The summed E-state index contributed by atoms with van der Waals surface area (Å²) in [5.41, 5.74) is 2.44. The van der Waals surface area contributed by atoms with Gasteiger partial charge in [-0.05, 0) is 30.9 Å². The molecule has 0 unspecified atom stereocenters. The molecule has 2 aromatic rings. The van der Waals surface area contributed by atoms with Crippen molar-refractivity contribution in [3.63, 3.8) is 0 Å². The largest absolute Gasteiger partial charge is 0.479 e. The summed E-state index contributed by atoms with van der Waals surface area (Å²) < 4.78 is 5.24. The monoisotopic (exact) mass is 346 g/mol. The highest BCUT2D eigenvalue weighted by atomic mass is 32.1. The average molecular weight is 346 g/mol. The highest BCUT2D eigenvalue weighted by Gasteiger charge is 2.34. The Hall–Kier alpha value is -2.25. The molecular weight excluding hydrogens is 328 g/mol. The van der Waals surface area contributed by atoms with Gasteiger partial charge in [0.15, 0.2) is 11.2 Å². The molecule has 2 heterocycles. The maximum atomic E-state index is 12.1. The van der Waals surface area contributed by atoms with Gasteiger partial charge in [-0.1, -0.05) is 24.3 Å². The molecule has 1 saturated heterocycles. The number of carbonyl (C=O) groups excluding carboxylic acids is 1. The zero-order valence-corrected chi connectivity index (χ0v) is 14.0. The van der Waals surface area contributed by atoms with Crippen molar-refractivity contribution in [3.8, 4) is 0 Å². The molecule has 2 N–H and O–H groups in total. The van der Waals surface area contributed by atoms with Crippen LogP contribution in [0.2, 0.25) is 0 Å². The van der Waals surface area contributed by atoms with Gasteiger partial charge in [-0.3, -0.25) is 10.1 Å². The van der Waals surface area contributed by atoms with E-state index in [2.05, 4.69) is 29.4 Å². The number of aromatic nitrogens is 1. The lowest BCUT2D eigenvalue weighted by Crippen LogP contribution is -2.29. The first-order valence-corrected chi connectivity index (χ1v) is 8.53. The molecule has 24 heavy (non-hydrogen) atoms. The summed E-state index contributed by atoms with van der Waals surface area (Å²) in [4.78, 5) is 28.3. The molecule has 0 spiro atoms. The third-order valence-electron chi connectivity index (χ3n) is 4.00. The number of anilines is 1. The number of carboxylic acid groups (broad SMARTS) is 1. The number of nitrogens with zero attached hydrogens (tertiary/aromatic N) is 1. The predicted molar refractivity (Wildman–Crippen MR) is 90.3 cm³/mol. The van der Waals surface area contributed by atoms with Gasteiger partial charge in [-0.25, -0.2) is 9.78 Å². The van der Waals surface area contributed by atoms with Crippen LogP contribution in [0.3, 0.4) is 0 Å². The number of carbonyl (C=O) groups is 2. The number of rotatable bonds is 5. The van der Waals surface area contributed by atoms with Crippen molar-refractivity contribution in [1.82, 2.24) is 4.98 Å². The standard InChI is InChI=1S/C17H18N2O4S/c1-10-4-2-3-5-11(10)8-12-9-18-17(24-12)19-15(20)13-6-7-14(23-13)16(21)22/h2-5,9,13-14H,6-8H2,1H3,(H,21,22)(H,18,19,20)/t13-,14+/m0/s1. The molecule has 126 valence electrons. The number of nitrogens with one attached hydrogen (secondary N) is 1. The molecule has 6 nitrogen and oxygen atoms in total. The van der Waals surface area contributed by atoms with Crippen molar-refractivity contribution < 1.29 is 19.4 Å². The predicted octanol–water partition coefficient (Wildman–Crippen LogP) is 2.61. The Labute approximate surface area is 143 Å². The number of hydrogen-bond donors (Lipinski definition) is 2. The Morgan fingerprint density at radius 3 is 2.79 bits per heavy atom. The van der Waals surface area contributed by atoms with Gasteiger partial charge in [0.05, 0.1) is 0 Å². The van der Waals surface area contributed by atoms with E-state index in [1.807, 2.05) is 12.1 Å². The number of hydrogen-bond acceptors (Lipinski definition) is 5. The smallest absolute Gasteiger partial charge is 0.332 e. The molecule has 0 saturated carbocycles. The van der Waals surface area contributed by atoms with Gasteiger partial charge in [0.25, 0.3) is 5.91 Å². The molecular formula is C17H18N2O4S. The summed E-state index contributed by atoms with van der Waals surface area (Å²) in [6.45, 7) is 2.06. The van der Waals surface area contributed by atoms with Crippen LogP contribution in [0.15, 0.2) is 30.5 Å². The van der Waals surface area contributed by atoms with Gasteiger partial charge in [0, 0.05) is 17.5 Å². The lowest BCUT2D eigenvalue weighted by molar-refractivity contribution is -0.150. The van der Waals surface area contributed by atoms with Crippen molar-refractivity contribution >= 4 is 28.3 Å². The molecule has 1 amide bonds. The number of aliphatic carboxylic acids is 1. The zero-order valence-electron chi connectivity index (χ0n) is 13.2. The van der Waals surface area contributed by atoms with Crippen molar-refractivity contribution in [2.45, 2.75) is 38.4 Å². The average Bonchev–Trinajstić information content (AvgIpc) is 3.19. The van der Waals surface area contributed by atoms with E-state index in [0.29, 0.717) is 18.0 Å². The van der Waals surface area contributed by atoms with Gasteiger partial charge in [0.1, 0.15) is 6.10 Å². The minimum atomic E-state index is -1.03. The third-order valence-corrected chi connectivity index (χ3v) is 4.91. The Kier molecular flexibility index (Phi) is 4.92. The lowest BCUT2D eigenvalue weighted by Gasteiger charge is -2.09. The van der Waals surface area contributed by atoms with E-state index in [-0.39, 0.29) is 5.91 Å². The highest BCUT2D eigenvalue weighted by Crippen LogP contribution is 2.25. The van der Waals surface area contributed by atoms with E-state index in [0.717, 1.165) is 11.3 Å². The summed E-state index contributed by atoms with van der Waals surface area (Å²) in [6, 6.07) is 8.15. The number of carboxylic acids is 1. The normalized spacial score (nSPS) is 20.0. The Bertz CT molecular complexity index is 759. The van der Waals surface area contributed by atoms with Crippen LogP contribution in [0.5, 0.6) is 0 Å². The number of amides is 1. The number of benzene rings is 1. The van der Waals surface area contributed by atoms with Crippen LogP contribution in [0.1, 0.15) is 28.8 Å². The molecule has 1 aliphatic heterocycles. The zero-order chi connectivity index (χ0) is 17.1. The summed E-state index contributed by atoms with van der Waals surface area (Å²) in [5, 5.41) is 12.1. The number of thiazole rings is 1. The minimum absolute atomic E-state index is 0.337. The van der Waals surface area contributed by atoms with Crippen molar-refractivity contribution in [2.75, 3.05) is 5.32 Å². The van der Waals surface area contributed by atoms with Crippen LogP contribution in [-0.4, -0.2) is 34.2 Å². The molecule has 2 atom stereocenters. The van der Waals surface area contributed by atoms with Crippen LogP contribution in [0.25, 0.3) is 0 Å². The van der Waals surface area contributed by atoms with E-state index in [1.54, 1.807) is 6.20 Å². The van der Waals surface area contributed by atoms with Gasteiger partial charge in [-0.15, -0.1) is 11.3 Å². The van der Waals surface area contributed by atoms with Crippen molar-refractivity contribution in [2.24, 2.45) is 0 Å². The molecule has 1 aromatic heterocycles. The second-order valence-corrected chi connectivity index (χ2v) is 6.87. The molecule has 1 aliphatic rings. The van der Waals surface area contributed by atoms with E-state index >= 15 is 0 Å². The Balaban J connectivity index is 1.59. The van der Waals surface area contributed by atoms with Crippen LogP contribution >= 0.6 is 11.3 Å². The molecule has 0 radical (unpaired) electrons. The van der Waals surface area contributed by atoms with Gasteiger partial charge in [-0.2, -0.15) is 0 Å². The first-order chi connectivity index (χ1) is 11.5. The lowest BCUT2D eigenvalue weighted by atomic mass is 10.1. The van der Waals surface area contributed by atoms with E-state index < -0.39 is 18.2 Å². The summed E-state index contributed by atoms with van der Waals surface area (Å²) in [5.74, 6) is -1.37. The molecule has 1 fully saturated rings. The number of ether oxygens (including phenoxy) is 1. The quantitative estimate of drug-likeness (QED) is 0.869. The summed E-state index contributed by atoms with van der Waals surface area (Å²) in [6.07, 6.45) is 1.65. The maximum absolute atomic E-state index is 12.1. The molecule has 3 rings (SSSR count). The fraction of sp³-hybridized carbons (Fsp3) is 0.353. The molecule has 7 heteroatoms. The Morgan fingerprint density at radius 2 is 2.08 bits per heavy atom. The van der Waals surface area contributed by atoms with E-state index in [4.69, 9.17) is 9.84 Å². The highest BCUT2D eigenvalue weighted by molar-refractivity contribution is 7.15. The maximum Gasteiger partial charge on any atom is 0.332 e. The fourth-order valence-corrected chi connectivity index (χ4v) is 3.48. The molecule has 0 bridgehead atoms. The van der Waals surface area contributed by atoms with Crippen molar-refractivity contribution in [3.05, 3.63) is 46.5 Å². The minimum Gasteiger partial charge on any atom is -0.479 e. The van der Waals surface area contributed by atoms with Gasteiger partial charge >= 0.3 is 5.97 Å². The summed E-state index contributed by atoms with van der Waals surface area (Å²) in [7, 11) is 0. The van der Waals surface area contributed by atoms with Crippen LogP contribution in [-0.2, 0) is 20.7 Å². The number of aryl methyl sites for hydroxylation is 1. The van der Waals surface area contributed by atoms with Gasteiger partial charge < -0.3 is 9.84 Å². The third kappa shape index (κ3) is 3.80. The van der Waals surface area contributed by atoms with Crippen molar-refractivity contribution in [1.29, 1.82) is 0 Å². The van der Waals surface area contributed by atoms with E-state index in [1.165, 1.54) is 22.5 Å². The summed E-state index contributed by atoms with van der Waals surface area (Å²) >= 11 is 1.42. The first kappa shape index (κ1) is 16.6. The van der Waals surface area contributed by atoms with E-state index in [9.17, 15) is 9.59 Å². The van der Waals surface area contributed by atoms with Crippen LogP contribution in [0, 0.1) is 6.92 Å². The van der Waals surface area contributed by atoms with Crippen LogP contribution < -0.4 is 5.32 Å². The first-order valence-electron chi connectivity index (χ1n) is 7.71. The SMILES string of the molecule is Cc1ccccc1Cc1cnc(NC(=O)[C@@H]2CC[C@H](C(=O)O)O2)s1. The Morgan fingerprint density at radius 1 is 1.33 bits per heavy atom. The molecule has 0 aliphatic carbocycles. The fourth-order valence-electron chi connectivity index (χ4n) is 2.64. The molecule has 1 aromatic carbocycles. The second-order valence-electron chi connectivity index (χ2n) is 5.75. The second kappa shape index (κ2) is 7.11.